The maximum atomic E-state index is 9.83. The molecule has 0 aliphatic carbocycles. The number of hydrogen-bond acceptors (Lipinski definition) is 6. The van der Waals surface area contributed by atoms with Gasteiger partial charge >= 0.3 is 0 Å². The number of aromatic nitrogens is 2. The smallest absolute Gasteiger partial charge is 0.191 e. The van der Waals surface area contributed by atoms with Gasteiger partial charge in [0.1, 0.15) is 11.6 Å². The van der Waals surface area contributed by atoms with E-state index in [-0.39, 0.29) is 6.61 Å². The number of nitrogens with zero attached hydrogens (tertiary/aromatic N) is 2. The highest BCUT2D eigenvalue weighted by Crippen LogP contribution is 2.26. The molecule has 1 heterocycles. The average molecular weight is 304 g/mol. The van der Waals surface area contributed by atoms with E-state index in [9.17, 15) is 5.11 Å². The Balaban J connectivity index is 2.34. The third-order valence-electron chi connectivity index (χ3n) is 3.28. The minimum atomic E-state index is -0.601. The first-order valence-electron chi connectivity index (χ1n) is 6.66. The van der Waals surface area contributed by atoms with Crippen LogP contribution in [0.2, 0.25) is 0 Å². The van der Waals surface area contributed by atoms with Crippen molar-refractivity contribution in [1.29, 1.82) is 0 Å². The summed E-state index contributed by atoms with van der Waals surface area (Å²) in [5, 5.41) is 16.8. The van der Waals surface area contributed by atoms with Crippen LogP contribution in [0.15, 0.2) is 41.6 Å². The summed E-state index contributed by atoms with van der Waals surface area (Å²) in [5.41, 5.74) is 0.402. The van der Waals surface area contributed by atoms with Crippen molar-refractivity contribution in [3.05, 3.63) is 42.0 Å². The van der Waals surface area contributed by atoms with Gasteiger partial charge in [-0.3, -0.25) is 0 Å². The molecule has 0 saturated carbocycles. The van der Waals surface area contributed by atoms with Gasteiger partial charge in [-0.25, -0.2) is 9.97 Å². The molecule has 1 atom stereocenters. The molecule has 0 saturated heterocycles. The lowest BCUT2D eigenvalue weighted by Crippen LogP contribution is -2.36. The Morgan fingerprint density at radius 1 is 1.19 bits per heavy atom. The minimum Gasteiger partial charge on any atom is -0.394 e. The highest BCUT2D eigenvalue weighted by Gasteiger charge is 2.26. The fourth-order valence-electron chi connectivity index (χ4n) is 2.00. The largest absolute Gasteiger partial charge is 0.394 e. The fraction of sp³-hybridized carbons (Fsp3) is 0.333. The monoisotopic (exact) mass is 304 g/mol. The van der Waals surface area contributed by atoms with Gasteiger partial charge in [0.05, 0.1) is 12.1 Å². The topological polar surface area (TPSA) is 70.1 Å². The fourth-order valence-corrected chi connectivity index (χ4v) is 2.38. The molecule has 6 heteroatoms. The van der Waals surface area contributed by atoms with Crippen molar-refractivity contribution in [1.82, 2.24) is 9.97 Å². The molecule has 0 radical (unpaired) electrons. The third kappa shape index (κ3) is 3.65. The third-order valence-corrected chi connectivity index (χ3v) is 3.82. The van der Waals surface area contributed by atoms with Crippen molar-refractivity contribution in [2.75, 3.05) is 30.5 Å². The van der Waals surface area contributed by atoms with E-state index in [0.717, 1.165) is 11.4 Å². The van der Waals surface area contributed by atoms with Gasteiger partial charge in [0.2, 0.25) is 0 Å². The maximum absolute atomic E-state index is 9.83. The zero-order chi connectivity index (χ0) is 15.3. The summed E-state index contributed by atoms with van der Waals surface area (Å²) >= 11 is 1.48. The number of benzene rings is 1. The van der Waals surface area contributed by atoms with E-state index >= 15 is 0 Å². The highest BCUT2D eigenvalue weighted by atomic mass is 32.2. The normalized spacial score (nSPS) is 13.5. The van der Waals surface area contributed by atoms with E-state index < -0.39 is 5.54 Å². The first kappa shape index (κ1) is 15.6. The minimum absolute atomic E-state index is 0.0372. The van der Waals surface area contributed by atoms with Gasteiger partial charge in [0, 0.05) is 13.1 Å². The lowest BCUT2D eigenvalue weighted by molar-refractivity contribution is 0.223. The summed E-state index contributed by atoms with van der Waals surface area (Å²) in [4.78, 5) is 8.79. The number of aliphatic hydroxyl groups excluding tert-OH is 1. The number of aliphatic hydroxyl groups is 1. The molecule has 21 heavy (non-hydrogen) atoms. The van der Waals surface area contributed by atoms with Crippen LogP contribution in [0, 0.1) is 0 Å². The van der Waals surface area contributed by atoms with Crippen LogP contribution in [0.1, 0.15) is 12.5 Å². The lowest BCUT2D eigenvalue weighted by Gasteiger charge is -2.30. The summed E-state index contributed by atoms with van der Waals surface area (Å²) in [6.45, 7) is 1.91. The summed E-state index contributed by atoms with van der Waals surface area (Å²) in [6.07, 6.45) is 1.93. The van der Waals surface area contributed by atoms with Gasteiger partial charge in [-0.15, -0.1) is 0 Å². The Morgan fingerprint density at radius 3 is 2.43 bits per heavy atom. The number of rotatable bonds is 6. The average Bonchev–Trinajstić information content (AvgIpc) is 2.55. The van der Waals surface area contributed by atoms with Gasteiger partial charge in [-0.05, 0) is 18.7 Å². The Labute approximate surface area is 129 Å². The van der Waals surface area contributed by atoms with Gasteiger partial charge in [0.15, 0.2) is 5.16 Å². The molecule has 2 aromatic rings. The molecular weight excluding hydrogens is 284 g/mol. The molecule has 1 aromatic carbocycles. The molecule has 112 valence electrons. The molecule has 1 aromatic heterocycles. The van der Waals surface area contributed by atoms with Crippen molar-refractivity contribution < 1.29 is 5.11 Å². The van der Waals surface area contributed by atoms with Crippen LogP contribution >= 0.6 is 11.8 Å². The number of hydrogen-bond donors (Lipinski definition) is 3. The van der Waals surface area contributed by atoms with Crippen molar-refractivity contribution in [3.63, 3.8) is 0 Å². The molecule has 3 N–H and O–H groups in total. The molecular formula is C15H20N4OS. The van der Waals surface area contributed by atoms with E-state index in [4.69, 9.17) is 0 Å². The second-order valence-electron chi connectivity index (χ2n) is 4.86. The van der Waals surface area contributed by atoms with E-state index in [2.05, 4.69) is 20.6 Å². The molecule has 5 nitrogen and oxygen atoms in total. The Hall–Kier alpha value is -1.79. The van der Waals surface area contributed by atoms with Gasteiger partial charge in [-0.1, -0.05) is 42.1 Å². The first-order valence-corrected chi connectivity index (χ1v) is 7.89. The quantitative estimate of drug-likeness (QED) is 0.563. The van der Waals surface area contributed by atoms with Crippen molar-refractivity contribution in [2.24, 2.45) is 0 Å². The standard InChI is InChI=1S/C15H20N4OS/c1-15(10-20,11-7-5-4-6-8-11)19-13-9-12(16-2)17-14(18-13)21-3/h4-9,20H,10H2,1-3H3,(H2,16,17,18,19). The predicted molar refractivity (Wildman–Crippen MR) is 87.9 cm³/mol. The highest BCUT2D eigenvalue weighted by molar-refractivity contribution is 7.98. The molecule has 0 bridgehead atoms. The van der Waals surface area contributed by atoms with E-state index in [1.54, 1.807) is 0 Å². The summed E-state index contributed by atoms with van der Waals surface area (Å²) in [7, 11) is 1.82. The van der Waals surface area contributed by atoms with Crippen LogP contribution < -0.4 is 10.6 Å². The zero-order valence-electron chi connectivity index (χ0n) is 12.4. The predicted octanol–water partition coefficient (Wildman–Crippen LogP) is 2.56. The van der Waals surface area contributed by atoms with E-state index in [1.807, 2.05) is 56.6 Å². The molecule has 0 amide bonds. The van der Waals surface area contributed by atoms with Crippen molar-refractivity contribution in [2.45, 2.75) is 17.6 Å². The van der Waals surface area contributed by atoms with Gasteiger partial charge in [0.25, 0.3) is 0 Å². The van der Waals surface area contributed by atoms with Crippen molar-refractivity contribution >= 4 is 23.4 Å². The first-order chi connectivity index (χ1) is 10.1. The number of nitrogens with one attached hydrogen (secondary N) is 2. The van der Waals surface area contributed by atoms with Crippen LogP contribution in [0.3, 0.4) is 0 Å². The van der Waals surface area contributed by atoms with Crippen LogP contribution in [-0.2, 0) is 5.54 Å². The Kier molecular flexibility index (Phi) is 5.03. The van der Waals surface area contributed by atoms with Crippen LogP contribution in [-0.4, -0.2) is 35.0 Å². The molecule has 0 fully saturated rings. The molecule has 0 aliphatic rings. The number of anilines is 2. The summed E-state index contributed by atoms with van der Waals surface area (Å²) in [6, 6.07) is 11.7. The SMILES string of the molecule is CNc1cc(NC(C)(CO)c2ccccc2)nc(SC)n1. The molecule has 1 unspecified atom stereocenters. The van der Waals surface area contributed by atoms with Gasteiger partial charge < -0.3 is 15.7 Å². The van der Waals surface area contributed by atoms with E-state index in [1.165, 1.54) is 11.8 Å². The molecule has 2 rings (SSSR count). The Morgan fingerprint density at radius 2 is 1.86 bits per heavy atom. The second kappa shape index (κ2) is 6.78. The number of thioether (sulfide) groups is 1. The second-order valence-corrected chi connectivity index (χ2v) is 5.63. The van der Waals surface area contributed by atoms with Crippen LogP contribution in [0.25, 0.3) is 0 Å². The summed E-state index contributed by atoms with van der Waals surface area (Å²) in [5.74, 6) is 1.42. The van der Waals surface area contributed by atoms with E-state index in [0.29, 0.717) is 11.0 Å². The maximum Gasteiger partial charge on any atom is 0.191 e. The molecule has 0 aliphatic heterocycles. The lowest BCUT2D eigenvalue weighted by atomic mass is 9.93. The van der Waals surface area contributed by atoms with Crippen LogP contribution in [0.5, 0.6) is 0 Å². The summed E-state index contributed by atoms with van der Waals surface area (Å²) < 4.78 is 0. The van der Waals surface area contributed by atoms with Crippen LogP contribution in [0.4, 0.5) is 11.6 Å². The van der Waals surface area contributed by atoms with Gasteiger partial charge in [-0.2, -0.15) is 0 Å². The van der Waals surface area contributed by atoms with Crippen molar-refractivity contribution in [3.8, 4) is 0 Å². The molecule has 0 spiro atoms. The zero-order valence-corrected chi connectivity index (χ0v) is 13.2. The Bertz CT molecular complexity index is 571.